The molecule has 0 spiro atoms. The Morgan fingerprint density at radius 1 is 1.28 bits per heavy atom. The third-order valence-electron chi connectivity index (χ3n) is 2.38. The highest BCUT2D eigenvalue weighted by Gasteiger charge is 2.02. The van der Waals surface area contributed by atoms with Gasteiger partial charge in [0.1, 0.15) is 16.8 Å². The van der Waals surface area contributed by atoms with E-state index in [1.807, 2.05) is 6.07 Å². The van der Waals surface area contributed by atoms with E-state index in [2.05, 4.69) is 11.4 Å². The van der Waals surface area contributed by atoms with E-state index in [1.165, 1.54) is 17.4 Å². The van der Waals surface area contributed by atoms with Gasteiger partial charge < -0.3 is 5.32 Å². The van der Waals surface area contributed by atoms with Gasteiger partial charge in [-0.2, -0.15) is 5.26 Å². The maximum atomic E-state index is 12.9. The van der Waals surface area contributed by atoms with E-state index in [9.17, 15) is 4.39 Å². The van der Waals surface area contributed by atoms with Crippen molar-refractivity contribution < 1.29 is 4.39 Å². The van der Waals surface area contributed by atoms with Crippen LogP contribution in [0.3, 0.4) is 0 Å². The Bertz CT molecular complexity index is 589. The second-order valence-corrected chi connectivity index (χ2v) is 5.31. The second kappa shape index (κ2) is 5.96. The first-order valence-corrected chi connectivity index (χ1v) is 6.52. The van der Waals surface area contributed by atoms with E-state index in [0.717, 1.165) is 10.4 Å². The van der Waals surface area contributed by atoms with Crippen molar-refractivity contribution in [2.75, 3.05) is 0 Å². The molecule has 1 aromatic heterocycles. The molecule has 0 aliphatic carbocycles. The van der Waals surface area contributed by atoms with Crippen molar-refractivity contribution >= 4 is 22.9 Å². The average molecular weight is 281 g/mol. The molecule has 0 atom stereocenters. The normalized spacial score (nSPS) is 10.3. The minimum atomic E-state index is -0.405. The summed E-state index contributed by atoms with van der Waals surface area (Å²) < 4.78 is 12.9. The molecule has 1 heterocycles. The summed E-state index contributed by atoms with van der Waals surface area (Å²) >= 11 is 7.16. The van der Waals surface area contributed by atoms with Crippen molar-refractivity contribution in [3.63, 3.8) is 0 Å². The lowest BCUT2D eigenvalue weighted by Gasteiger charge is -2.04. The fourth-order valence-electron chi connectivity index (χ4n) is 1.51. The fourth-order valence-corrected chi connectivity index (χ4v) is 2.49. The maximum absolute atomic E-state index is 12.9. The standard InChI is InChI=1S/C13H10ClFN2S/c14-12-5-9(1-4-13(12)15)7-17-8-11-3-2-10(6-16)18-11/h1-5,17H,7-8H2. The SMILES string of the molecule is N#Cc1ccc(CNCc2ccc(F)c(Cl)c2)s1. The number of hydrogen-bond acceptors (Lipinski definition) is 3. The predicted molar refractivity (Wildman–Crippen MR) is 71.0 cm³/mol. The lowest BCUT2D eigenvalue weighted by atomic mass is 10.2. The molecule has 0 fully saturated rings. The molecule has 2 rings (SSSR count). The Morgan fingerprint density at radius 3 is 2.78 bits per heavy atom. The summed E-state index contributed by atoms with van der Waals surface area (Å²) in [6.45, 7) is 1.29. The highest BCUT2D eigenvalue weighted by atomic mass is 35.5. The molecule has 1 N–H and O–H groups in total. The molecule has 18 heavy (non-hydrogen) atoms. The summed E-state index contributed by atoms with van der Waals surface area (Å²) in [5.41, 5.74) is 0.929. The Kier molecular flexibility index (Phi) is 4.32. The molecule has 0 aliphatic rings. The first-order valence-electron chi connectivity index (χ1n) is 5.32. The Morgan fingerprint density at radius 2 is 2.11 bits per heavy atom. The number of halogens is 2. The van der Waals surface area contributed by atoms with E-state index < -0.39 is 5.82 Å². The van der Waals surface area contributed by atoms with Crippen LogP contribution in [0.4, 0.5) is 4.39 Å². The number of nitrogens with one attached hydrogen (secondary N) is 1. The lowest BCUT2D eigenvalue weighted by molar-refractivity contribution is 0.625. The second-order valence-electron chi connectivity index (χ2n) is 3.73. The summed E-state index contributed by atoms with van der Waals surface area (Å²) in [4.78, 5) is 1.80. The van der Waals surface area contributed by atoms with Crippen molar-refractivity contribution in [2.24, 2.45) is 0 Å². The van der Waals surface area contributed by atoms with E-state index >= 15 is 0 Å². The zero-order valence-corrected chi connectivity index (χ0v) is 11.0. The third-order valence-corrected chi connectivity index (χ3v) is 3.66. The molecule has 0 radical (unpaired) electrons. The molecule has 2 aromatic rings. The van der Waals surface area contributed by atoms with Gasteiger partial charge in [-0.3, -0.25) is 0 Å². The van der Waals surface area contributed by atoms with E-state index in [4.69, 9.17) is 16.9 Å². The summed E-state index contributed by atoms with van der Waals surface area (Å²) in [6, 6.07) is 10.5. The number of nitrogens with zero attached hydrogens (tertiary/aromatic N) is 1. The van der Waals surface area contributed by atoms with Crippen LogP contribution >= 0.6 is 22.9 Å². The topological polar surface area (TPSA) is 35.8 Å². The van der Waals surface area contributed by atoms with Crippen LogP contribution in [0.5, 0.6) is 0 Å². The third kappa shape index (κ3) is 3.30. The van der Waals surface area contributed by atoms with Gasteiger partial charge in [-0.15, -0.1) is 11.3 Å². The number of benzene rings is 1. The van der Waals surface area contributed by atoms with E-state index in [0.29, 0.717) is 18.0 Å². The molecule has 1 aromatic carbocycles. The average Bonchev–Trinajstić information content (AvgIpc) is 2.82. The number of thiophene rings is 1. The van der Waals surface area contributed by atoms with Gasteiger partial charge in [0.2, 0.25) is 0 Å². The zero-order valence-electron chi connectivity index (χ0n) is 9.41. The van der Waals surface area contributed by atoms with Gasteiger partial charge in [0.15, 0.2) is 0 Å². The molecule has 0 saturated heterocycles. The van der Waals surface area contributed by atoms with Crippen molar-refractivity contribution in [3.05, 3.63) is 56.5 Å². The summed E-state index contributed by atoms with van der Waals surface area (Å²) in [6.07, 6.45) is 0. The molecule has 2 nitrogen and oxygen atoms in total. The molecule has 0 saturated carbocycles. The van der Waals surface area contributed by atoms with Gasteiger partial charge >= 0.3 is 0 Å². The van der Waals surface area contributed by atoms with E-state index in [1.54, 1.807) is 18.2 Å². The van der Waals surface area contributed by atoms with Gasteiger partial charge in [-0.25, -0.2) is 4.39 Å². The first-order chi connectivity index (χ1) is 8.69. The van der Waals surface area contributed by atoms with Crippen LogP contribution in [0.25, 0.3) is 0 Å². The van der Waals surface area contributed by atoms with Crippen molar-refractivity contribution in [2.45, 2.75) is 13.1 Å². The van der Waals surface area contributed by atoms with Crippen molar-refractivity contribution in [3.8, 4) is 6.07 Å². The monoisotopic (exact) mass is 280 g/mol. The Hall–Kier alpha value is -1.41. The Balaban J connectivity index is 1.88. The largest absolute Gasteiger partial charge is 0.308 e. The van der Waals surface area contributed by atoms with Crippen LogP contribution in [0, 0.1) is 17.1 Å². The fraction of sp³-hybridized carbons (Fsp3) is 0.154. The minimum Gasteiger partial charge on any atom is -0.308 e. The van der Waals surface area contributed by atoms with Crippen LogP contribution < -0.4 is 5.32 Å². The molecule has 0 unspecified atom stereocenters. The van der Waals surface area contributed by atoms with Crippen LogP contribution in [-0.4, -0.2) is 0 Å². The van der Waals surface area contributed by atoms with Crippen molar-refractivity contribution in [1.82, 2.24) is 5.32 Å². The van der Waals surface area contributed by atoms with Crippen molar-refractivity contribution in [1.29, 1.82) is 5.26 Å². The van der Waals surface area contributed by atoms with Crippen LogP contribution in [0.1, 0.15) is 15.3 Å². The Labute approximate surface area is 114 Å². The van der Waals surface area contributed by atoms with Crippen LogP contribution in [-0.2, 0) is 13.1 Å². The quantitative estimate of drug-likeness (QED) is 0.927. The van der Waals surface area contributed by atoms with Crippen LogP contribution in [0.15, 0.2) is 30.3 Å². The summed E-state index contributed by atoms with van der Waals surface area (Å²) in [5.74, 6) is -0.405. The summed E-state index contributed by atoms with van der Waals surface area (Å²) in [5, 5.41) is 12.1. The number of rotatable bonds is 4. The zero-order chi connectivity index (χ0) is 13.0. The molecular formula is C13H10ClFN2S. The molecule has 0 amide bonds. The molecule has 0 aliphatic heterocycles. The van der Waals surface area contributed by atoms with Gasteiger partial charge in [0.25, 0.3) is 0 Å². The maximum Gasteiger partial charge on any atom is 0.141 e. The lowest BCUT2D eigenvalue weighted by Crippen LogP contribution is -2.11. The van der Waals surface area contributed by atoms with Crippen LogP contribution in [0.2, 0.25) is 5.02 Å². The molecule has 0 bridgehead atoms. The smallest absolute Gasteiger partial charge is 0.141 e. The highest BCUT2D eigenvalue weighted by molar-refractivity contribution is 7.12. The summed E-state index contributed by atoms with van der Waals surface area (Å²) in [7, 11) is 0. The predicted octanol–water partition coefficient (Wildman–Crippen LogP) is 3.70. The number of hydrogen-bond donors (Lipinski definition) is 1. The molecule has 5 heteroatoms. The number of nitriles is 1. The first kappa shape index (κ1) is 13.0. The molecular weight excluding hydrogens is 271 g/mol. The van der Waals surface area contributed by atoms with Gasteiger partial charge in [0, 0.05) is 18.0 Å². The highest BCUT2D eigenvalue weighted by Crippen LogP contribution is 2.17. The van der Waals surface area contributed by atoms with Gasteiger partial charge in [0.05, 0.1) is 5.02 Å². The van der Waals surface area contributed by atoms with Gasteiger partial charge in [-0.1, -0.05) is 17.7 Å². The van der Waals surface area contributed by atoms with Gasteiger partial charge in [-0.05, 0) is 29.8 Å². The minimum absolute atomic E-state index is 0.136. The molecule has 92 valence electrons. The van der Waals surface area contributed by atoms with E-state index in [-0.39, 0.29) is 5.02 Å².